The molecule has 3 saturated heterocycles. The van der Waals surface area contributed by atoms with E-state index in [4.69, 9.17) is 49.6 Å². The van der Waals surface area contributed by atoms with Crippen LogP contribution in [0.2, 0.25) is 30.7 Å². The van der Waals surface area contributed by atoms with Crippen molar-refractivity contribution >= 4 is 43.3 Å². The maximum atomic E-state index is 7.00. The molecule has 1 aromatic heterocycles. The van der Waals surface area contributed by atoms with Crippen LogP contribution in [0.3, 0.4) is 0 Å². The van der Waals surface area contributed by atoms with E-state index in [1.807, 2.05) is 71.3 Å². The third kappa shape index (κ3) is 7.57. The average molecular weight is 719 g/mol. The molecule has 9 nitrogen and oxygen atoms in total. The number of halogens is 1. The van der Waals surface area contributed by atoms with Gasteiger partial charge >= 0.3 is 7.12 Å². The molecule has 0 N–H and O–H groups in total. The van der Waals surface area contributed by atoms with E-state index < -0.39 is 32.7 Å². The van der Waals surface area contributed by atoms with E-state index in [0.29, 0.717) is 44.0 Å². The second kappa shape index (κ2) is 14.0. The van der Waals surface area contributed by atoms with Gasteiger partial charge in [-0.1, -0.05) is 85.8 Å². The van der Waals surface area contributed by atoms with E-state index >= 15 is 0 Å². The van der Waals surface area contributed by atoms with Crippen molar-refractivity contribution in [3.63, 3.8) is 0 Å². The SMILES string of the molecule is CC1(C)OB(c2ccc(-c3cc4nc(O[C@H]5CO[C@@H]6COC(c7ccccc7)O[C@H]6C5)n(COCC[Si](C)(C)C)c4cc3Cl)cc2)OC1(C)C. The van der Waals surface area contributed by atoms with Crippen LogP contribution in [0.15, 0.2) is 66.7 Å². The highest BCUT2D eigenvalue weighted by atomic mass is 35.5. The lowest BCUT2D eigenvalue weighted by Gasteiger charge is -2.41. The van der Waals surface area contributed by atoms with Gasteiger partial charge in [-0.15, -0.1) is 0 Å². The lowest BCUT2D eigenvalue weighted by Crippen LogP contribution is -2.50. The smallest absolute Gasteiger partial charge is 0.459 e. The zero-order chi connectivity index (χ0) is 35.3. The Morgan fingerprint density at radius 2 is 1.64 bits per heavy atom. The number of rotatable bonds is 10. The third-order valence-electron chi connectivity index (χ3n) is 10.2. The molecule has 266 valence electrons. The summed E-state index contributed by atoms with van der Waals surface area (Å²) in [5.74, 6) is 0. The Bertz CT molecular complexity index is 1780. The van der Waals surface area contributed by atoms with Crippen molar-refractivity contribution in [3.05, 3.63) is 77.3 Å². The van der Waals surface area contributed by atoms with Crippen LogP contribution in [-0.2, 0) is 35.0 Å². The topological polar surface area (TPSA) is 82.4 Å². The quantitative estimate of drug-likeness (QED) is 0.122. The molecule has 3 aromatic carbocycles. The van der Waals surface area contributed by atoms with Gasteiger partial charge in [-0.05, 0) is 56.9 Å². The minimum absolute atomic E-state index is 0.143. The summed E-state index contributed by atoms with van der Waals surface area (Å²) in [4.78, 5) is 4.99. The first kappa shape index (κ1) is 35.7. The summed E-state index contributed by atoms with van der Waals surface area (Å²) in [6.45, 7) is 17.1. The van der Waals surface area contributed by atoms with Crippen LogP contribution in [0.1, 0.15) is 46.0 Å². The third-order valence-corrected chi connectivity index (χ3v) is 12.2. The van der Waals surface area contributed by atoms with Gasteiger partial charge in [0.25, 0.3) is 6.01 Å². The fraction of sp³-hybridized carbons (Fsp3) is 0.500. The van der Waals surface area contributed by atoms with Gasteiger partial charge in [0, 0.05) is 32.2 Å². The molecule has 4 heterocycles. The Hall–Kier alpha value is -2.74. The maximum absolute atomic E-state index is 7.00. The van der Waals surface area contributed by atoms with Crippen molar-refractivity contribution in [2.75, 3.05) is 19.8 Å². The molecule has 0 aliphatic carbocycles. The van der Waals surface area contributed by atoms with Crippen LogP contribution in [-0.4, -0.2) is 74.1 Å². The summed E-state index contributed by atoms with van der Waals surface area (Å²) >= 11 is 7.00. The molecule has 0 radical (unpaired) electrons. The Balaban J connectivity index is 1.12. The summed E-state index contributed by atoms with van der Waals surface area (Å²) in [5, 5.41) is 0.613. The van der Waals surface area contributed by atoms with E-state index in [2.05, 4.69) is 47.3 Å². The molecular formula is C38H48BClN2O7Si. The first-order valence-corrected chi connectivity index (χ1v) is 21.7. The molecule has 0 amide bonds. The fourth-order valence-electron chi connectivity index (χ4n) is 6.40. The van der Waals surface area contributed by atoms with Crippen LogP contribution in [0, 0.1) is 0 Å². The first-order chi connectivity index (χ1) is 23.8. The van der Waals surface area contributed by atoms with E-state index in [-0.39, 0.29) is 18.3 Å². The summed E-state index contributed by atoms with van der Waals surface area (Å²) in [6, 6.07) is 23.7. The Morgan fingerprint density at radius 1 is 0.920 bits per heavy atom. The van der Waals surface area contributed by atoms with Crippen molar-refractivity contribution in [2.45, 2.75) is 102 Å². The highest BCUT2D eigenvalue weighted by molar-refractivity contribution is 6.76. The first-order valence-electron chi connectivity index (χ1n) is 17.6. The van der Waals surface area contributed by atoms with Gasteiger partial charge in [0.15, 0.2) is 6.29 Å². The molecule has 12 heteroatoms. The zero-order valence-corrected chi connectivity index (χ0v) is 31.9. The lowest BCUT2D eigenvalue weighted by molar-refractivity contribution is -0.286. The molecule has 0 spiro atoms. The minimum atomic E-state index is -1.27. The molecule has 4 aromatic rings. The fourth-order valence-corrected chi connectivity index (χ4v) is 7.43. The Labute approximate surface area is 301 Å². The molecule has 3 aliphatic heterocycles. The highest BCUT2D eigenvalue weighted by Crippen LogP contribution is 2.38. The number of aromatic nitrogens is 2. The lowest BCUT2D eigenvalue weighted by atomic mass is 9.78. The number of nitrogens with zero attached hydrogens (tertiary/aromatic N) is 2. The number of ether oxygens (including phenoxy) is 5. The van der Waals surface area contributed by atoms with Gasteiger partial charge < -0.3 is 33.0 Å². The molecule has 1 unspecified atom stereocenters. The molecular weight excluding hydrogens is 671 g/mol. The van der Waals surface area contributed by atoms with Gasteiger partial charge in [-0.3, -0.25) is 4.57 Å². The average Bonchev–Trinajstić information content (AvgIpc) is 3.52. The van der Waals surface area contributed by atoms with E-state index in [1.54, 1.807) is 0 Å². The van der Waals surface area contributed by atoms with Gasteiger partial charge in [-0.2, -0.15) is 4.98 Å². The summed E-state index contributed by atoms with van der Waals surface area (Å²) in [7, 11) is -1.70. The number of benzene rings is 3. The van der Waals surface area contributed by atoms with Gasteiger partial charge in [0.2, 0.25) is 0 Å². The number of fused-ring (bicyclic) bond motifs is 2. The second-order valence-corrected chi connectivity index (χ2v) is 21.8. The molecule has 0 saturated carbocycles. The largest absolute Gasteiger partial charge is 0.494 e. The van der Waals surface area contributed by atoms with E-state index in [1.165, 1.54) is 0 Å². The van der Waals surface area contributed by atoms with Crippen LogP contribution in [0.25, 0.3) is 22.2 Å². The van der Waals surface area contributed by atoms with Gasteiger partial charge in [0.05, 0.1) is 46.6 Å². The summed E-state index contributed by atoms with van der Waals surface area (Å²) in [6.07, 6.45) is -0.356. The van der Waals surface area contributed by atoms with Crippen molar-refractivity contribution in [2.24, 2.45) is 0 Å². The zero-order valence-electron chi connectivity index (χ0n) is 30.1. The molecule has 4 atom stereocenters. The maximum Gasteiger partial charge on any atom is 0.494 e. The Morgan fingerprint density at radius 3 is 2.34 bits per heavy atom. The summed E-state index contributed by atoms with van der Waals surface area (Å²) in [5.41, 5.74) is 4.59. The number of imidazole rings is 1. The predicted molar refractivity (Wildman–Crippen MR) is 199 cm³/mol. The standard InChI is InChI=1S/C38H48BClN2O7Si/c1-37(2)38(3,4)49-39(48-37)27-15-13-25(14-16-27)29-20-31-32(21-30(29)40)42(24-43-17-18-50(5,6)7)36(41-31)46-28-19-33-34(44-22-28)23-45-35(47-33)26-11-9-8-10-12-26/h8-16,20-21,28,33-35H,17-19,22-24H2,1-7H3/t28-,33+,34-,35?/m1/s1. The molecule has 0 bridgehead atoms. The minimum Gasteiger partial charge on any atom is -0.459 e. The van der Waals surface area contributed by atoms with Crippen molar-refractivity contribution in [1.29, 1.82) is 0 Å². The molecule has 3 fully saturated rings. The van der Waals surface area contributed by atoms with Crippen molar-refractivity contribution in [1.82, 2.24) is 9.55 Å². The molecule has 7 rings (SSSR count). The van der Waals surface area contributed by atoms with Crippen LogP contribution < -0.4 is 10.2 Å². The molecule has 50 heavy (non-hydrogen) atoms. The van der Waals surface area contributed by atoms with Crippen molar-refractivity contribution < 1.29 is 33.0 Å². The van der Waals surface area contributed by atoms with Gasteiger partial charge in [0.1, 0.15) is 18.9 Å². The van der Waals surface area contributed by atoms with E-state index in [9.17, 15) is 0 Å². The highest BCUT2D eigenvalue weighted by Gasteiger charge is 2.51. The monoisotopic (exact) mass is 718 g/mol. The number of hydrogen-bond acceptors (Lipinski definition) is 8. The molecule has 3 aliphatic rings. The Kier molecular flexibility index (Phi) is 9.99. The van der Waals surface area contributed by atoms with E-state index in [0.717, 1.165) is 39.2 Å². The number of hydrogen-bond donors (Lipinski definition) is 0. The predicted octanol–water partition coefficient (Wildman–Crippen LogP) is 7.62. The summed E-state index contributed by atoms with van der Waals surface area (Å²) < 4.78 is 45.9. The second-order valence-electron chi connectivity index (χ2n) is 15.8. The van der Waals surface area contributed by atoms with Crippen molar-refractivity contribution in [3.8, 4) is 17.1 Å². The van der Waals surface area contributed by atoms with Crippen LogP contribution >= 0.6 is 11.6 Å². The van der Waals surface area contributed by atoms with Crippen LogP contribution in [0.5, 0.6) is 6.01 Å². The normalized spacial score (nSPS) is 24.8. The van der Waals surface area contributed by atoms with Gasteiger partial charge in [-0.25, -0.2) is 0 Å². The van der Waals surface area contributed by atoms with Crippen LogP contribution in [0.4, 0.5) is 0 Å².